The van der Waals surface area contributed by atoms with Gasteiger partial charge in [-0.05, 0) is 35.7 Å². The first kappa shape index (κ1) is 17.9. The number of carbonyl (C=O) groups is 2. The van der Waals surface area contributed by atoms with Gasteiger partial charge in [-0.3, -0.25) is 9.59 Å². The van der Waals surface area contributed by atoms with Crippen molar-refractivity contribution in [3.8, 4) is 10.6 Å². The van der Waals surface area contributed by atoms with Crippen LogP contribution in [-0.2, 0) is 16.1 Å². The van der Waals surface area contributed by atoms with Gasteiger partial charge < -0.3 is 14.2 Å². The maximum absolute atomic E-state index is 12.4. The predicted molar refractivity (Wildman–Crippen MR) is 103 cm³/mol. The van der Waals surface area contributed by atoms with E-state index >= 15 is 0 Å². The van der Waals surface area contributed by atoms with Crippen LogP contribution in [0.4, 0.5) is 0 Å². The van der Waals surface area contributed by atoms with Crippen LogP contribution in [0, 0.1) is 5.92 Å². The van der Waals surface area contributed by atoms with Gasteiger partial charge in [0.1, 0.15) is 12.3 Å². The molecule has 1 aliphatic rings. The second kappa shape index (κ2) is 8.06. The Morgan fingerprint density at radius 1 is 1.19 bits per heavy atom. The standard InChI is InChI=1S/C19H18N2O4S2/c22-18(17-4-2-10-27-17)21-7-5-13(6-8-21)19(23)24-12-14-11-15(25-20-14)16-3-1-9-26-16/h1-4,9-11,13H,5-8,12H2. The molecule has 0 atom stereocenters. The fourth-order valence-electron chi connectivity index (χ4n) is 3.05. The third-order valence-electron chi connectivity index (χ3n) is 4.53. The van der Waals surface area contributed by atoms with Crippen molar-refractivity contribution in [3.05, 3.63) is 51.7 Å². The number of aromatic nitrogens is 1. The lowest BCUT2D eigenvalue weighted by Crippen LogP contribution is -2.40. The summed E-state index contributed by atoms with van der Waals surface area (Å²) in [6, 6.07) is 9.39. The van der Waals surface area contributed by atoms with Crippen LogP contribution < -0.4 is 0 Å². The molecule has 0 aliphatic carbocycles. The van der Waals surface area contributed by atoms with Crippen molar-refractivity contribution in [1.82, 2.24) is 10.1 Å². The molecule has 4 heterocycles. The minimum Gasteiger partial charge on any atom is -0.459 e. The second-order valence-corrected chi connectivity index (χ2v) is 8.21. The quantitative estimate of drug-likeness (QED) is 0.602. The first-order chi connectivity index (χ1) is 13.2. The van der Waals surface area contributed by atoms with Crippen LogP contribution in [0.2, 0.25) is 0 Å². The Hall–Kier alpha value is -2.45. The molecule has 0 saturated carbocycles. The first-order valence-electron chi connectivity index (χ1n) is 8.69. The van der Waals surface area contributed by atoms with Crippen LogP contribution in [-0.4, -0.2) is 35.0 Å². The summed E-state index contributed by atoms with van der Waals surface area (Å²) in [5.74, 6) is 0.303. The van der Waals surface area contributed by atoms with Crippen LogP contribution >= 0.6 is 22.7 Å². The number of hydrogen-bond acceptors (Lipinski definition) is 7. The smallest absolute Gasteiger partial charge is 0.309 e. The maximum atomic E-state index is 12.4. The fraction of sp³-hybridized carbons (Fsp3) is 0.316. The van der Waals surface area contributed by atoms with E-state index < -0.39 is 0 Å². The molecule has 0 bridgehead atoms. The Kier molecular flexibility index (Phi) is 5.35. The van der Waals surface area contributed by atoms with Crippen molar-refractivity contribution in [2.24, 2.45) is 5.92 Å². The highest BCUT2D eigenvalue weighted by molar-refractivity contribution is 7.13. The molecule has 1 amide bonds. The van der Waals surface area contributed by atoms with Crippen molar-refractivity contribution >= 4 is 34.6 Å². The van der Waals surface area contributed by atoms with Crippen LogP contribution in [0.25, 0.3) is 10.6 Å². The number of amides is 1. The molecule has 8 heteroatoms. The molecule has 0 radical (unpaired) electrons. The molecule has 3 aromatic heterocycles. The second-order valence-electron chi connectivity index (χ2n) is 6.31. The van der Waals surface area contributed by atoms with E-state index in [9.17, 15) is 9.59 Å². The Morgan fingerprint density at radius 3 is 2.67 bits per heavy atom. The van der Waals surface area contributed by atoms with Crippen LogP contribution in [0.15, 0.2) is 45.6 Å². The lowest BCUT2D eigenvalue weighted by molar-refractivity contribution is -0.151. The molecule has 6 nitrogen and oxygen atoms in total. The highest BCUT2D eigenvalue weighted by atomic mass is 32.1. The Bertz CT molecular complexity index is 894. The van der Waals surface area contributed by atoms with Gasteiger partial charge in [0.15, 0.2) is 5.76 Å². The molecule has 1 saturated heterocycles. The minimum absolute atomic E-state index is 0.0421. The zero-order valence-corrected chi connectivity index (χ0v) is 16.1. The average Bonchev–Trinajstić information content (AvgIpc) is 3.47. The number of nitrogens with zero attached hydrogens (tertiary/aromatic N) is 2. The summed E-state index contributed by atoms with van der Waals surface area (Å²) in [6.45, 7) is 1.24. The molecule has 4 rings (SSSR count). The molecular formula is C19H18N2O4S2. The van der Waals surface area contributed by atoms with Gasteiger partial charge in [0.05, 0.1) is 15.7 Å². The van der Waals surface area contributed by atoms with E-state index in [0.717, 1.165) is 9.75 Å². The number of esters is 1. The Labute approximate surface area is 164 Å². The van der Waals surface area contributed by atoms with Crippen molar-refractivity contribution in [2.75, 3.05) is 13.1 Å². The summed E-state index contributed by atoms with van der Waals surface area (Å²) in [5.41, 5.74) is 0.594. The van der Waals surface area contributed by atoms with Gasteiger partial charge in [0.25, 0.3) is 5.91 Å². The topological polar surface area (TPSA) is 72.6 Å². The Balaban J connectivity index is 1.26. The SMILES string of the molecule is O=C(OCc1cc(-c2cccs2)on1)C1CCN(C(=O)c2cccs2)CC1. The number of rotatable bonds is 5. The zero-order valence-electron chi connectivity index (χ0n) is 14.5. The van der Waals surface area contributed by atoms with Crippen molar-refractivity contribution < 1.29 is 18.8 Å². The molecule has 1 aliphatic heterocycles. The summed E-state index contributed by atoms with van der Waals surface area (Å²) in [4.78, 5) is 28.2. The number of carbonyl (C=O) groups excluding carboxylic acids is 2. The molecule has 3 aromatic rings. The van der Waals surface area contributed by atoms with Crippen molar-refractivity contribution in [3.63, 3.8) is 0 Å². The van der Waals surface area contributed by atoms with Gasteiger partial charge in [0, 0.05) is 19.2 Å². The van der Waals surface area contributed by atoms with Crippen LogP contribution in [0.1, 0.15) is 28.2 Å². The van der Waals surface area contributed by atoms with Crippen molar-refractivity contribution in [2.45, 2.75) is 19.4 Å². The number of thiophene rings is 2. The van der Waals surface area contributed by atoms with E-state index in [1.165, 1.54) is 11.3 Å². The minimum atomic E-state index is -0.237. The summed E-state index contributed by atoms with van der Waals surface area (Å²) in [6.07, 6.45) is 1.24. The third-order valence-corrected chi connectivity index (χ3v) is 6.28. The molecule has 1 fully saturated rings. The largest absolute Gasteiger partial charge is 0.459 e. The van der Waals surface area contributed by atoms with E-state index in [1.54, 1.807) is 22.3 Å². The Morgan fingerprint density at radius 2 is 1.96 bits per heavy atom. The highest BCUT2D eigenvalue weighted by Gasteiger charge is 2.29. The average molecular weight is 402 g/mol. The first-order valence-corrected chi connectivity index (χ1v) is 10.5. The molecule has 140 valence electrons. The predicted octanol–water partition coefficient (Wildman–Crippen LogP) is 4.06. The van der Waals surface area contributed by atoms with Gasteiger partial charge in [-0.25, -0.2) is 0 Å². The summed E-state index contributed by atoms with van der Waals surface area (Å²) < 4.78 is 10.7. The zero-order chi connectivity index (χ0) is 18.6. The lowest BCUT2D eigenvalue weighted by atomic mass is 9.97. The summed E-state index contributed by atoms with van der Waals surface area (Å²) in [5, 5.41) is 7.82. The molecule has 0 unspecified atom stereocenters. The molecule has 0 spiro atoms. The van der Waals surface area contributed by atoms with Gasteiger partial charge in [-0.1, -0.05) is 17.3 Å². The van der Waals surface area contributed by atoms with Gasteiger partial charge in [-0.2, -0.15) is 0 Å². The molecular weight excluding hydrogens is 384 g/mol. The molecule has 0 N–H and O–H groups in total. The molecule has 0 aromatic carbocycles. The number of ether oxygens (including phenoxy) is 1. The monoisotopic (exact) mass is 402 g/mol. The summed E-state index contributed by atoms with van der Waals surface area (Å²) in [7, 11) is 0. The third kappa shape index (κ3) is 4.12. The number of hydrogen-bond donors (Lipinski definition) is 0. The lowest BCUT2D eigenvalue weighted by Gasteiger charge is -2.30. The fourth-order valence-corrected chi connectivity index (χ4v) is 4.42. The van der Waals surface area contributed by atoms with Gasteiger partial charge in [0.2, 0.25) is 0 Å². The van der Waals surface area contributed by atoms with Gasteiger partial charge in [-0.15, -0.1) is 22.7 Å². The molecule has 27 heavy (non-hydrogen) atoms. The highest BCUT2D eigenvalue weighted by Crippen LogP contribution is 2.26. The van der Waals surface area contributed by atoms with E-state index in [-0.39, 0.29) is 24.4 Å². The van der Waals surface area contributed by atoms with Crippen molar-refractivity contribution in [1.29, 1.82) is 0 Å². The van der Waals surface area contributed by atoms with E-state index in [1.807, 2.05) is 35.0 Å². The maximum Gasteiger partial charge on any atom is 0.309 e. The van der Waals surface area contributed by atoms with E-state index in [2.05, 4.69) is 5.16 Å². The summed E-state index contributed by atoms with van der Waals surface area (Å²) >= 11 is 3.01. The number of likely N-dealkylation sites (tertiary alicyclic amines) is 1. The van der Waals surface area contributed by atoms with E-state index in [4.69, 9.17) is 9.26 Å². The van der Waals surface area contributed by atoms with E-state index in [0.29, 0.717) is 37.4 Å². The van der Waals surface area contributed by atoms with Crippen LogP contribution in [0.5, 0.6) is 0 Å². The van der Waals surface area contributed by atoms with Crippen LogP contribution in [0.3, 0.4) is 0 Å². The normalized spacial score (nSPS) is 15.0. The van der Waals surface area contributed by atoms with Gasteiger partial charge >= 0.3 is 5.97 Å². The number of piperidine rings is 1.